The van der Waals surface area contributed by atoms with E-state index in [1.165, 1.54) is 6.42 Å². The third-order valence-electron chi connectivity index (χ3n) is 3.62. The number of rotatable bonds is 5. The summed E-state index contributed by atoms with van der Waals surface area (Å²) in [5, 5.41) is 3.54. The first-order valence-electron chi connectivity index (χ1n) is 6.22. The highest BCUT2D eigenvalue weighted by Gasteiger charge is 2.28. The van der Waals surface area contributed by atoms with E-state index in [9.17, 15) is 4.79 Å². The largest absolute Gasteiger partial charge is 0.370 e. The first kappa shape index (κ1) is 13.5. The first-order valence-corrected chi connectivity index (χ1v) is 6.22. The van der Waals surface area contributed by atoms with Crippen molar-refractivity contribution in [3.05, 3.63) is 0 Å². The molecule has 1 rings (SSSR count). The second-order valence-electron chi connectivity index (χ2n) is 5.13. The van der Waals surface area contributed by atoms with Gasteiger partial charge in [-0.05, 0) is 39.3 Å². The molecule has 0 aromatic rings. The van der Waals surface area contributed by atoms with Crippen LogP contribution in [-0.2, 0) is 4.79 Å². The second-order valence-corrected chi connectivity index (χ2v) is 5.13. The Bertz CT molecular complexity index is 232. The predicted molar refractivity (Wildman–Crippen MR) is 66.1 cm³/mol. The SMILES string of the molecule is CC1CN(C)C(C)CC1NCCCC(N)=O. The highest BCUT2D eigenvalue weighted by molar-refractivity contribution is 5.73. The monoisotopic (exact) mass is 227 g/mol. The third-order valence-corrected chi connectivity index (χ3v) is 3.62. The van der Waals surface area contributed by atoms with E-state index in [1.807, 2.05) is 0 Å². The maximum atomic E-state index is 10.6. The van der Waals surface area contributed by atoms with E-state index >= 15 is 0 Å². The lowest BCUT2D eigenvalue weighted by Gasteiger charge is -2.40. The molecule has 3 atom stereocenters. The minimum atomic E-state index is -0.202. The van der Waals surface area contributed by atoms with Crippen molar-refractivity contribution in [1.29, 1.82) is 0 Å². The number of amides is 1. The van der Waals surface area contributed by atoms with Crippen LogP contribution in [-0.4, -0.2) is 43.0 Å². The van der Waals surface area contributed by atoms with Gasteiger partial charge in [-0.2, -0.15) is 0 Å². The summed E-state index contributed by atoms with van der Waals surface area (Å²) < 4.78 is 0. The van der Waals surface area contributed by atoms with Gasteiger partial charge in [-0.3, -0.25) is 4.79 Å². The third kappa shape index (κ3) is 4.10. The average Bonchev–Trinajstić information content (AvgIpc) is 2.19. The number of nitrogens with zero attached hydrogens (tertiary/aromatic N) is 1. The van der Waals surface area contributed by atoms with Crippen LogP contribution >= 0.6 is 0 Å². The molecule has 1 heterocycles. The Morgan fingerprint density at radius 3 is 2.81 bits per heavy atom. The van der Waals surface area contributed by atoms with E-state index in [1.54, 1.807) is 0 Å². The summed E-state index contributed by atoms with van der Waals surface area (Å²) in [7, 11) is 2.18. The van der Waals surface area contributed by atoms with Crippen LogP contribution in [0.1, 0.15) is 33.1 Å². The van der Waals surface area contributed by atoms with Gasteiger partial charge in [0, 0.05) is 25.0 Å². The maximum absolute atomic E-state index is 10.6. The van der Waals surface area contributed by atoms with Crippen molar-refractivity contribution in [3.8, 4) is 0 Å². The van der Waals surface area contributed by atoms with Gasteiger partial charge in [0.1, 0.15) is 0 Å². The van der Waals surface area contributed by atoms with Gasteiger partial charge in [-0.15, -0.1) is 0 Å². The summed E-state index contributed by atoms with van der Waals surface area (Å²) in [4.78, 5) is 13.0. The smallest absolute Gasteiger partial charge is 0.217 e. The molecule has 1 saturated heterocycles. The number of carbonyl (C=O) groups is 1. The molecular formula is C12H25N3O. The number of likely N-dealkylation sites (tertiary alicyclic amines) is 1. The topological polar surface area (TPSA) is 58.4 Å². The van der Waals surface area contributed by atoms with Crippen molar-refractivity contribution in [2.45, 2.75) is 45.2 Å². The van der Waals surface area contributed by atoms with E-state index in [0.29, 0.717) is 24.4 Å². The highest BCUT2D eigenvalue weighted by atomic mass is 16.1. The lowest BCUT2D eigenvalue weighted by atomic mass is 9.90. The molecule has 94 valence electrons. The summed E-state index contributed by atoms with van der Waals surface area (Å²) in [6.07, 6.45) is 2.53. The molecule has 0 radical (unpaired) electrons. The highest BCUT2D eigenvalue weighted by Crippen LogP contribution is 2.20. The van der Waals surface area contributed by atoms with E-state index in [2.05, 4.69) is 31.1 Å². The standard InChI is InChI=1S/C12H25N3O/c1-9-8-15(3)10(2)7-11(9)14-6-4-5-12(13)16/h9-11,14H,4-8H2,1-3H3,(H2,13,16). The molecule has 1 amide bonds. The minimum Gasteiger partial charge on any atom is -0.370 e. The number of hydrogen-bond donors (Lipinski definition) is 2. The summed E-state index contributed by atoms with van der Waals surface area (Å²) in [6, 6.07) is 1.23. The van der Waals surface area contributed by atoms with E-state index in [0.717, 1.165) is 19.5 Å². The number of piperidine rings is 1. The van der Waals surface area contributed by atoms with Gasteiger partial charge in [0.2, 0.25) is 5.91 Å². The van der Waals surface area contributed by atoms with Crippen LogP contribution in [0.2, 0.25) is 0 Å². The van der Waals surface area contributed by atoms with Crippen LogP contribution in [0.4, 0.5) is 0 Å². The Morgan fingerprint density at radius 2 is 2.19 bits per heavy atom. The Kier molecular flexibility index (Phi) is 5.22. The lowest BCUT2D eigenvalue weighted by molar-refractivity contribution is -0.118. The van der Waals surface area contributed by atoms with Gasteiger partial charge in [0.25, 0.3) is 0 Å². The van der Waals surface area contributed by atoms with Gasteiger partial charge >= 0.3 is 0 Å². The lowest BCUT2D eigenvalue weighted by Crippen LogP contribution is -2.51. The summed E-state index contributed by atoms with van der Waals surface area (Å²) in [6.45, 7) is 6.60. The first-order chi connectivity index (χ1) is 7.50. The summed E-state index contributed by atoms with van der Waals surface area (Å²) in [5.74, 6) is 0.473. The Morgan fingerprint density at radius 1 is 1.50 bits per heavy atom. The van der Waals surface area contributed by atoms with Gasteiger partial charge in [0.05, 0.1) is 0 Å². The van der Waals surface area contributed by atoms with Crippen molar-refractivity contribution in [3.63, 3.8) is 0 Å². The normalized spacial score (nSPS) is 31.6. The van der Waals surface area contributed by atoms with Crippen LogP contribution in [0.25, 0.3) is 0 Å². The van der Waals surface area contributed by atoms with Crippen molar-refractivity contribution in [2.24, 2.45) is 11.7 Å². The summed E-state index contributed by atoms with van der Waals surface area (Å²) in [5.41, 5.74) is 5.11. The average molecular weight is 227 g/mol. The zero-order valence-corrected chi connectivity index (χ0v) is 10.7. The Hall–Kier alpha value is -0.610. The molecule has 0 aromatic carbocycles. The zero-order valence-electron chi connectivity index (χ0n) is 10.7. The Balaban J connectivity index is 2.23. The van der Waals surface area contributed by atoms with Crippen molar-refractivity contribution in [2.75, 3.05) is 20.1 Å². The fourth-order valence-electron chi connectivity index (χ4n) is 2.38. The quantitative estimate of drug-likeness (QED) is 0.675. The van der Waals surface area contributed by atoms with Crippen LogP contribution in [0, 0.1) is 5.92 Å². The maximum Gasteiger partial charge on any atom is 0.217 e. The molecule has 1 aliphatic heterocycles. The number of carbonyl (C=O) groups excluding carboxylic acids is 1. The van der Waals surface area contributed by atoms with Crippen LogP contribution < -0.4 is 11.1 Å². The van der Waals surface area contributed by atoms with Gasteiger partial charge in [-0.25, -0.2) is 0 Å². The van der Waals surface area contributed by atoms with Gasteiger partial charge in [0.15, 0.2) is 0 Å². The Labute approximate surface area is 98.6 Å². The molecule has 3 unspecified atom stereocenters. The molecule has 0 bridgehead atoms. The molecule has 16 heavy (non-hydrogen) atoms. The van der Waals surface area contributed by atoms with Crippen molar-refractivity contribution in [1.82, 2.24) is 10.2 Å². The van der Waals surface area contributed by atoms with Crippen molar-refractivity contribution >= 4 is 5.91 Å². The molecule has 0 aliphatic carbocycles. The van der Waals surface area contributed by atoms with Crippen LogP contribution in [0.3, 0.4) is 0 Å². The van der Waals surface area contributed by atoms with E-state index in [-0.39, 0.29) is 5.91 Å². The molecular weight excluding hydrogens is 202 g/mol. The zero-order chi connectivity index (χ0) is 12.1. The summed E-state index contributed by atoms with van der Waals surface area (Å²) >= 11 is 0. The molecule has 1 aliphatic rings. The number of nitrogens with one attached hydrogen (secondary N) is 1. The van der Waals surface area contributed by atoms with Gasteiger partial charge < -0.3 is 16.0 Å². The van der Waals surface area contributed by atoms with Crippen LogP contribution in [0.15, 0.2) is 0 Å². The molecule has 0 aromatic heterocycles. The number of hydrogen-bond acceptors (Lipinski definition) is 3. The van der Waals surface area contributed by atoms with E-state index < -0.39 is 0 Å². The number of nitrogens with two attached hydrogens (primary N) is 1. The van der Waals surface area contributed by atoms with E-state index in [4.69, 9.17) is 5.73 Å². The minimum absolute atomic E-state index is 0.202. The molecule has 3 N–H and O–H groups in total. The van der Waals surface area contributed by atoms with Crippen molar-refractivity contribution < 1.29 is 4.79 Å². The number of primary amides is 1. The molecule has 1 fully saturated rings. The fraction of sp³-hybridized carbons (Fsp3) is 0.917. The molecule has 4 nitrogen and oxygen atoms in total. The second kappa shape index (κ2) is 6.21. The predicted octanol–water partition coefficient (Wildman–Crippen LogP) is 0.570. The molecule has 0 spiro atoms. The molecule has 4 heteroatoms. The fourth-order valence-corrected chi connectivity index (χ4v) is 2.38. The molecule has 0 saturated carbocycles. The van der Waals surface area contributed by atoms with Gasteiger partial charge in [-0.1, -0.05) is 6.92 Å². The van der Waals surface area contributed by atoms with Crippen LogP contribution in [0.5, 0.6) is 0 Å².